The highest BCUT2D eigenvalue weighted by Crippen LogP contribution is 2.52. The molecule has 2 aromatic carbocycles. The van der Waals surface area contributed by atoms with Crippen molar-refractivity contribution in [2.45, 2.75) is 50.5 Å². The standard InChI is InChI=1S/C29H20ClF2N7O2S.C7H12FN/c1-4-13-11-41-24-20-23(37-29(40-3)38-28(20)39(13)12(2)14-6-5-9-36-26(14)34)22(32)19(21(24)30)15-7-8-17(31)25-18(15)16(10-33)27(35)42-25;8-6-4-7-2-1-3-9(7)5-6/h1,5-9,12-13H,11,35H2,2-3H3,(H2,34,36);6-7H,1-5H2. The van der Waals surface area contributed by atoms with Gasteiger partial charge in [0.1, 0.15) is 52.9 Å². The summed E-state index contributed by atoms with van der Waals surface area (Å²) in [5.41, 5.74) is 12.7. The normalized spacial score (nSPS) is 20.2. The Balaban J connectivity index is 0.000000389. The number of halogens is 4. The summed E-state index contributed by atoms with van der Waals surface area (Å²) in [6, 6.07) is 7.30. The molecule has 51 heavy (non-hydrogen) atoms. The zero-order valence-corrected chi connectivity index (χ0v) is 29.2. The van der Waals surface area contributed by atoms with Gasteiger partial charge in [-0.1, -0.05) is 29.7 Å². The Kier molecular flexibility index (Phi) is 9.18. The molecule has 15 heteroatoms. The summed E-state index contributed by atoms with van der Waals surface area (Å²) in [6.07, 6.45) is 10.4. The van der Waals surface area contributed by atoms with E-state index >= 15 is 4.39 Å². The first-order valence-electron chi connectivity index (χ1n) is 16.2. The number of hydrogen-bond donors (Lipinski definition) is 2. The molecule has 0 aliphatic carbocycles. The fraction of sp³-hybridized carbons (Fsp3) is 0.333. The number of benzene rings is 2. The van der Waals surface area contributed by atoms with E-state index in [1.807, 2.05) is 13.0 Å². The van der Waals surface area contributed by atoms with Crippen LogP contribution in [0.15, 0.2) is 30.5 Å². The fourth-order valence-corrected chi connectivity index (χ4v) is 8.61. The first kappa shape index (κ1) is 34.4. The third kappa shape index (κ3) is 5.77. The Labute approximate surface area is 300 Å². The molecule has 2 saturated heterocycles. The maximum atomic E-state index is 16.8. The summed E-state index contributed by atoms with van der Waals surface area (Å²) < 4.78 is 55.8. The molecule has 2 fully saturated rings. The number of alkyl halides is 1. The molecule has 10 nitrogen and oxygen atoms in total. The Morgan fingerprint density at radius 2 is 2.02 bits per heavy atom. The van der Waals surface area contributed by atoms with Crippen LogP contribution in [-0.2, 0) is 0 Å². The van der Waals surface area contributed by atoms with Crippen LogP contribution in [0.5, 0.6) is 11.8 Å². The predicted octanol–water partition coefficient (Wildman–Crippen LogP) is 7.04. The van der Waals surface area contributed by atoms with Gasteiger partial charge < -0.3 is 25.8 Å². The highest BCUT2D eigenvalue weighted by molar-refractivity contribution is 7.23. The number of fused-ring (bicyclic) bond motifs is 2. The maximum Gasteiger partial charge on any atom is 0.318 e. The monoisotopic (exact) mass is 732 g/mol. The number of hydrogen-bond acceptors (Lipinski definition) is 11. The molecule has 3 aromatic heterocycles. The highest BCUT2D eigenvalue weighted by atomic mass is 35.5. The van der Waals surface area contributed by atoms with Gasteiger partial charge in [0.25, 0.3) is 0 Å². The van der Waals surface area contributed by atoms with Crippen molar-refractivity contribution in [1.29, 1.82) is 5.26 Å². The van der Waals surface area contributed by atoms with Crippen LogP contribution in [0.4, 0.5) is 29.8 Å². The summed E-state index contributed by atoms with van der Waals surface area (Å²) in [5.74, 6) is 1.80. The SMILES string of the molecule is C#CC1COc2c(Cl)c(-c3ccc(F)c4sc(N)c(C#N)c34)c(F)c3nc(OC)nc(c23)N1C(C)c1cccnc1N.FC1CC2CCCN2C1. The summed E-state index contributed by atoms with van der Waals surface area (Å²) in [4.78, 5) is 17.1. The molecule has 5 aromatic rings. The van der Waals surface area contributed by atoms with Gasteiger partial charge in [-0.15, -0.1) is 17.8 Å². The van der Waals surface area contributed by atoms with E-state index in [1.54, 1.807) is 23.2 Å². The molecule has 0 amide bonds. The molecule has 8 rings (SSSR count). The summed E-state index contributed by atoms with van der Waals surface area (Å²) in [6.45, 7) is 3.65. The van der Waals surface area contributed by atoms with Gasteiger partial charge in [0.2, 0.25) is 0 Å². The van der Waals surface area contributed by atoms with Crippen LogP contribution in [0.1, 0.15) is 43.4 Å². The third-order valence-corrected chi connectivity index (χ3v) is 11.1. The third-order valence-electron chi connectivity index (χ3n) is 9.68. The number of thiophene rings is 1. The van der Waals surface area contributed by atoms with Crippen molar-refractivity contribution in [3.8, 4) is 41.3 Å². The smallest absolute Gasteiger partial charge is 0.318 e. The van der Waals surface area contributed by atoms with Gasteiger partial charge in [-0.25, -0.2) is 18.2 Å². The number of nitriles is 1. The topological polar surface area (TPSA) is 139 Å². The molecule has 6 heterocycles. The van der Waals surface area contributed by atoms with E-state index in [9.17, 15) is 14.0 Å². The summed E-state index contributed by atoms with van der Waals surface area (Å²) in [7, 11) is 1.35. The van der Waals surface area contributed by atoms with Crippen LogP contribution < -0.4 is 25.8 Å². The lowest BCUT2D eigenvalue weighted by molar-refractivity contribution is 0.292. The van der Waals surface area contributed by atoms with E-state index in [1.165, 1.54) is 26.0 Å². The lowest BCUT2D eigenvalue weighted by atomic mass is 9.96. The van der Waals surface area contributed by atoms with E-state index in [-0.39, 0.29) is 77.7 Å². The number of pyridine rings is 1. The van der Waals surface area contributed by atoms with E-state index in [4.69, 9.17) is 39.0 Å². The van der Waals surface area contributed by atoms with Crippen molar-refractivity contribution in [3.63, 3.8) is 0 Å². The van der Waals surface area contributed by atoms with Crippen LogP contribution in [0.2, 0.25) is 5.02 Å². The molecule has 4 N–H and O–H groups in total. The molecular weight excluding hydrogens is 701 g/mol. The fourth-order valence-electron chi connectivity index (χ4n) is 7.33. The highest BCUT2D eigenvalue weighted by Gasteiger charge is 2.37. The second-order valence-corrected chi connectivity index (χ2v) is 14.0. The molecule has 4 atom stereocenters. The second-order valence-electron chi connectivity index (χ2n) is 12.5. The van der Waals surface area contributed by atoms with Gasteiger partial charge in [-0.05, 0) is 50.4 Å². The van der Waals surface area contributed by atoms with Gasteiger partial charge in [0, 0.05) is 35.3 Å². The van der Waals surface area contributed by atoms with Crippen LogP contribution >= 0.6 is 22.9 Å². The van der Waals surface area contributed by atoms with Crippen molar-refractivity contribution in [2.75, 3.05) is 43.2 Å². The minimum absolute atomic E-state index is 0.00857. The molecule has 0 bridgehead atoms. The lowest BCUT2D eigenvalue weighted by Crippen LogP contribution is -2.40. The lowest BCUT2D eigenvalue weighted by Gasteiger charge is -2.34. The summed E-state index contributed by atoms with van der Waals surface area (Å²) >= 11 is 7.81. The van der Waals surface area contributed by atoms with E-state index in [2.05, 4.69) is 25.8 Å². The van der Waals surface area contributed by atoms with Gasteiger partial charge >= 0.3 is 6.01 Å². The Morgan fingerprint density at radius 1 is 1.22 bits per heavy atom. The molecule has 3 aliphatic heterocycles. The minimum atomic E-state index is -0.862. The zero-order valence-electron chi connectivity index (χ0n) is 27.6. The number of nitrogen functional groups attached to an aromatic ring is 2. The number of anilines is 3. The van der Waals surface area contributed by atoms with Gasteiger partial charge in [-0.2, -0.15) is 15.2 Å². The van der Waals surface area contributed by atoms with Gasteiger partial charge in [0.05, 0.1) is 33.8 Å². The average Bonchev–Trinajstić information content (AvgIpc) is 3.77. The molecule has 0 spiro atoms. The van der Waals surface area contributed by atoms with Crippen molar-refractivity contribution in [3.05, 3.63) is 58.2 Å². The van der Waals surface area contributed by atoms with Crippen LogP contribution in [-0.4, -0.2) is 64.9 Å². The van der Waals surface area contributed by atoms with Crippen LogP contribution in [0.25, 0.3) is 32.1 Å². The number of aromatic nitrogens is 3. The van der Waals surface area contributed by atoms with Crippen LogP contribution in [0.3, 0.4) is 0 Å². The predicted molar refractivity (Wildman–Crippen MR) is 193 cm³/mol. The van der Waals surface area contributed by atoms with Crippen molar-refractivity contribution in [2.24, 2.45) is 0 Å². The molecule has 3 aliphatic rings. The van der Waals surface area contributed by atoms with Crippen LogP contribution in [0, 0.1) is 35.3 Å². The van der Waals surface area contributed by atoms with Crippen molar-refractivity contribution in [1.82, 2.24) is 19.9 Å². The molecule has 0 saturated carbocycles. The number of nitrogens with two attached hydrogens (primary N) is 2. The molecule has 4 unspecified atom stereocenters. The summed E-state index contributed by atoms with van der Waals surface area (Å²) in [5, 5.41) is 10.0. The van der Waals surface area contributed by atoms with E-state index in [0.29, 0.717) is 18.2 Å². The Bertz CT molecular complexity index is 2260. The molecule has 262 valence electrons. The zero-order chi connectivity index (χ0) is 36.1. The second kappa shape index (κ2) is 13.6. The Morgan fingerprint density at radius 3 is 2.73 bits per heavy atom. The quantitative estimate of drug-likeness (QED) is 0.185. The Hall–Kier alpha value is -5.02. The maximum absolute atomic E-state index is 16.8. The largest absolute Gasteiger partial charge is 0.488 e. The average molecular weight is 733 g/mol. The number of ether oxygens (including phenoxy) is 2. The van der Waals surface area contributed by atoms with E-state index in [0.717, 1.165) is 30.4 Å². The number of terminal acetylenes is 1. The number of nitrogens with zero attached hydrogens (tertiary/aromatic N) is 6. The molecule has 0 radical (unpaired) electrons. The van der Waals surface area contributed by atoms with Gasteiger partial charge in [0.15, 0.2) is 11.6 Å². The minimum Gasteiger partial charge on any atom is -0.488 e. The van der Waals surface area contributed by atoms with E-state index < -0.39 is 29.9 Å². The van der Waals surface area contributed by atoms with Crippen molar-refractivity contribution < 1.29 is 22.6 Å². The number of rotatable bonds is 4. The van der Waals surface area contributed by atoms with Crippen molar-refractivity contribution >= 4 is 60.6 Å². The van der Waals surface area contributed by atoms with Gasteiger partial charge in [-0.3, -0.25) is 4.90 Å². The first-order chi connectivity index (χ1) is 24.6. The first-order valence-corrected chi connectivity index (χ1v) is 17.4. The number of methoxy groups -OCH3 is 1. The molecular formula is C36H32ClF3N8O2S.